The lowest BCUT2D eigenvalue weighted by atomic mass is 9.94. The lowest BCUT2D eigenvalue weighted by Gasteiger charge is -2.38. The molecule has 0 unspecified atom stereocenters. The normalized spacial score (nSPS) is 24.7. The summed E-state index contributed by atoms with van der Waals surface area (Å²) in [6, 6.07) is 5.73. The van der Waals surface area contributed by atoms with Crippen LogP contribution in [0.2, 0.25) is 0 Å². The fourth-order valence-corrected chi connectivity index (χ4v) is 5.81. The van der Waals surface area contributed by atoms with Crippen molar-refractivity contribution in [2.45, 2.75) is 32.4 Å². The van der Waals surface area contributed by atoms with E-state index in [4.69, 9.17) is 4.74 Å². The van der Waals surface area contributed by atoms with Gasteiger partial charge in [-0.25, -0.2) is 18.0 Å². The van der Waals surface area contributed by atoms with Crippen LogP contribution < -0.4 is 5.32 Å². The highest BCUT2D eigenvalue weighted by atomic mass is 79.9. The van der Waals surface area contributed by atoms with Crippen molar-refractivity contribution in [2.24, 2.45) is 0 Å². The zero-order chi connectivity index (χ0) is 19.8. The quantitative estimate of drug-likeness (QED) is 0.702. The van der Waals surface area contributed by atoms with Gasteiger partial charge in [-0.2, -0.15) is 0 Å². The third kappa shape index (κ3) is 3.89. The van der Waals surface area contributed by atoms with Gasteiger partial charge in [-0.05, 0) is 31.9 Å². The molecule has 1 fully saturated rings. The molecular formula is C18H21BrN2O5S. The summed E-state index contributed by atoms with van der Waals surface area (Å²) in [6.45, 7) is 3.58. The summed E-state index contributed by atoms with van der Waals surface area (Å²) in [6.07, 6.45) is 0.350. The van der Waals surface area contributed by atoms with E-state index in [9.17, 15) is 18.0 Å². The minimum atomic E-state index is -3.18. The van der Waals surface area contributed by atoms with Crippen LogP contribution in [0.3, 0.4) is 0 Å². The molecule has 2 heterocycles. The van der Waals surface area contributed by atoms with Gasteiger partial charge >= 0.3 is 12.0 Å². The zero-order valence-corrected chi connectivity index (χ0v) is 17.5. The second kappa shape index (κ2) is 7.63. The molecule has 1 aromatic carbocycles. The average molecular weight is 457 g/mol. The number of nitrogens with zero attached hydrogens (tertiary/aromatic N) is 1. The van der Waals surface area contributed by atoms with E-state index in [1.165, 1.54) is 4.90 Å². The number of amides is 2. The number of hydrogen-bond donors (Lipinski definition) is 1. The van der Waals surface area contributed by atoms with Gasteiger partial charge in [0.1, 0.15) is 0 Å². The standard InChI is InChI=1S/C18H21BrN2O5S/c1-3-26-17(22)15-11(2)21(12-8-9-27(24,25)10-12)18(23)20-16(15)13-6-4-5-7-14(13)19/h4-7,12,16H,3,8-10H2,1-2H3,(H,20,23)/t12-,16-/m1/s1. The number of nitrogens with one attached hydrogen (secondary N) is 1. The number of carbonyl (C=O) groups excluding carboxylic acids is 2. The lowest BCUT2D eigenvalue weighted by molar-refractivity contribution is -0.139. The molecule has 0 radical (unpaired) electrons. The smallest absolute Gasteiger partial charge is 0.338 e. The Morgan fingerprint density at radius 1 is 1.37 bits per heavy atom. The van der Waals surface area contributed by atoms with Gasteiger partial charge in [0.15, 0.2) is 9.84 Å². The molecule has 3 rings (SSSR count). The number of hydrogen-bond acceptors (Lipinski definition) is 5. The van der Waals surface area contributed by atoms with Crippen LogP contribution in [0, 0.1) is 0 Å². The first-order valence-corrected chi connectivity index (χ1v) is 11.3. The fraction of sp³-hybridized carbons (Fsp3) is 0.444. The Labute approximate surface area is 166 Å². The van der Waals surface area contributed by atoms with E-state index in [-0.39, 0.29) is 18.1 Å². The van der Waals surface area contributed by atoms with Crippen LogP contribution >= 0.6 is 15.9 Å². The largest absolute Gasteiger partial charge is 0.463 e. The van der Waals surface area contributed by atoms with E-state index in [0.717, 1.165) is 10.0 Å². The first-order valence-electron chi connectivity index (χ1n) is 8.67. The van der Waals surface area contributed by atoms with Gasteiger partial charge in [-0.15, -0.1) is 0 Å². The van der Waals surface area contributed by atoms with E-state index < -0.39 is 33.9 Å². The van der Waals surface area contributed by atoms with E-state index in [1.807, 2.05) is 24.3 Å². The molecule has 1 saturated heterocycles. The van der Waals surface area contributed by atoms with Crippen molar-refractivity contribution in [2.75, 3.05) is 18.1 Å². The number of benzene rings is 1. The number of rotatable bonds is 4. The van der Waals surface area contributed by atoms with Gasteiger partial charge in [0, 0.05) is 10.2 Å². The molecule has 1 N–H and O–H groups in total. The molecule has 1 aromatic rings. The van der Waals surface area contributed by atoms with Gasteiger partial charge in [-0.1, -0.05) is 34.1 Å². The van der Waals surface area contributed by atoms with Crippen LogP contribution in [0.5, 0.6) is 0 Å². The molecule has 9 heteroatoms. The molecular weight excluding hydrogens is 436 g/mol. The Balaban J connectivity index is 2.08. The molecule has 0 bridgehead atoms. The van der Waals surface area contributed by atoms with Crippen molar-refractivity contribution in [3.05, 3.63) is 45.6 Å². The molecule has 2 aliphatic heterocycles. The number of allylic oxidation sites excluding steroid dienone is 1. The van der Waals surface area contributed by atoms with E-state index in [1.54, 1.807) is 13.8 Å². The molecule has 2 aliphatic rings. The second-order valence-corrected chi connectivity index (χ2v) is 9.63. The predicted molar refractivity (Wildman–Crippen MR) is 104 cm³/mol. The Kier molecular flexibility index (Phi) is 5.62. The minimum Gasteiger partial charge on any atom is -0.463 e. The zero-order valence-electron chi connectivity index (χ0n) is 15.1. The molecule has 2 atom stereocenters. The highest BCUT2D eigenvalue weighted by Gasteiger charge is 2.42. The molecule has 0 spiro atoms. The summed E-state index contributed by atoms with van der Waals surface area (Å²) in [5.74, 6) is -0.591. The first-order chi connectivity index (χ1) is 12.7. The SMILES string of the molecule is CCOC(=O)C1=C(C)N([C@@H]2CCS(=O)(=O)C2)C(=O)N[C@@H]1c1ccccc1Br. The summed E-state index contributed by atoms with van der Waals surface area (Å²) in [4.78, 5) is 26.9. The monoisotopic (exact) mass is 456 g/mol. The molecule has 0 aromatic heterocycles. The van der Waals surface area contributed by atoms with Crippen LogP contribution in [-0.4, -0.2) is 49.5 Å². The van der Waals surface area contributed by atoms with Gasteiger partial charge < -0.3 is 10.1 Å². The molecule has 2 amide bonds. The Morgan fingerprint density at radius 2 is 2.07 bits per heavy atom. The van der Waals surface area contributed by atoms with Gasteiger partial charge in [0.2, 0.25) is 0 Å². The van der Waals surface area contributed by atoms with Crippen molar-refractivity contribution in [3.8, 4) is 0 Å². The molecule has 0 saturated carbocycles. The van der Waals surface area contributed by atoms with Gasteiger partial charge in [0.05, 0.1) is 35.8 Å². The molecule has 0 aliphatic carbocycles. The maximum atomic E-state index is 12.8. The van der Waals surface area contributed by atoms with Crippen LogP contribution in [-0.2, 0) is 19.4 Å². The second-order valence-electron chi connectivity index (χ2n) is 6.55. The average Bonchev–Trinajstić information content (AvgIpc) is 2.94. The van der Waals surface area contributed by atoms with Crippen molar-refractivity contribution < 1.29 is 22.7 Å². The minimum absolute atomic E-state index is 0.0388. The highest BCUT2D eigenvalue weighted by Crippen LogP contribution is 2.36. The summed E-state index contributed by atoms with van der Waals surface area (Å²) in [5, 5.41) is 2.85. The lowest BCUT2D eigenvalue weighted by Crippen LogP contribution is -2.52. The number of urea groups is 1. The van der Waals surface area contributed by atoms with Crippen molar-refractivity contribution >= 4 is 37.8 Å². The Bertz CT molecular complexity index is 912. The fourth-order valence-electron chi connectivity index (χ4n) is 3.59. The van der Waals surface area contributed by atoms with Crippen molar-refractivity contribution in [1.82, 2.24) is 10.2 Å². The Hall–Kier alpha value is -1.87. The van der Waals surface area contributed by atoms with Crippen molar-refractivity contribution in [1.29, 1.82) is 0 Å². The van der Waals surface area contributed by atoms with E-state index in [0.29, 0.717) is 17.7 Å². The molecule has 27 heavy (non-hydrogen) atoms. The number of carbonyl (C=O) groups is 2. The Morgan fingerprint density at radius 3 is 2.67 bits per heavy atom. The number of sulfone groups is 1. The maximum absolute atomic E-state index is 12.8. The van der Waals surface area contributed by atoms with Crippen LogP contribution in [0.25, 0.3) is 0 Å². The van der Waals surface area contributed by atoms with E-state index in [2.05, 4.69) is 21.2 Å². The summed E-state index contributed by atoms with van der Waals surface area (Å²) in [7, 11) is -3.18. The van der Waals surface area contributed by atoms with Gasteiger partial charge in [0.25, 0.3) is 0 Å². The predicted octanol–water partition coefficient (Wildman–Crippen LogP) is 2.54. The first kappa shape index (κ1) is 19.9. The van der Waals surface area contributed by atoms with Crippen LogP contribution in [0.15, 0.2) is 40.0 Å². The van der Waals surface area contributed by atoms with Crippen molar-refractivity contribution in [3.63, 3.8) is 0 Å². The van der Waals surface area contributed by atoms with Gasteiger partial charge in [-0.3, -0.25) is 4.90 Å². The van der Waals surface area contributed by atoms with E-state index >= 15 is 0 Å². The van der Waals surface area contributed by atoms with Crippen LogP contribution in [0.4, 0.5) is 4.79 Å². The topological polar surface area (TPSA) is 92.8 Å². The number of halogens is 1. The number of ether oxygens (including phenoxy) is 1. The molecule has 7 nitrogen and oxygen atoms in total. The molecule has 146 valence electrons. The highest BCUT2D eigenvalue weighted by molar-refractivity contribution is 9.10. The third-order valence-corrected chi connectivity index (χ3v) is 7.28. The third-order valence-electron chi connectivity index (χ3n) is 4.81. The number of esters is 1. The van der Waals surface area contributed by atoms with Crippen LogP contribution in [0.1, 0.15) is 31.9 Å². The summed E-state index contributed by atoms with van der Waals surface area (Å²) < 4.78 is 29.7. The maximum Gasteiger partial charge on any atom is 0.338 e. The summed E-state index contributed by atoms with van der Waals surface area (Å²) in [5.41, 5.74) is 1.47. The summed E-state index contributed by atoms with van der Waals surface area (Å²) >= 11 is 3.46.